The molecule has 0 bridgehead atoms. The van der Waals surface area contributed by atoms with Crippen LogP contribution in [0.4, 0.5) is 5.69 Å². The number of amides is 1. The Labute approximate surface area is 150 Å². The normalized spacial score (nSPS) is 10.4. The Hall–Kier alpha value is -2.56. The fraction of sp³-hybridized carbons (Fsp3) is 0.400. The molecule has 0 aliphatic carbocycles. The van der Waals surface area contributed by atoms with Crippen molar-refractivity contribution in [3.05, 3.63) is 53.9 Å². The van der Waals surface area contributed by atoms with Crippen molar-refractivity contribution in [2.24, 2.45) is 0 Å². The number of pyridine rings is 1. The van der Waals surface area contributed by atoms with E-state index in [1.165, 1.54) is 0 Å². The molecule has 0 aliphatic heterocycles. The molecule has 2 rings (SSSR count). The molecule has 1 aromatic carbocycles. The summed E-state index contributed by atoms with van der Waals surface area (Å²) in [7, 11) is 3.68. The van der Waals surface area contributed by atoms with Gasteiger partial charge in [0.05, 0.1) is 24.6 Å². The van der Waals surface area contributed by atoms with Gasteiger partial charge in [0.15, 0.2) is 0 Å². The van der Waals surface area contributed by atoms with Gasteiger partial charge >= 0.3 is 0 Å². The number of hydrogen-bond acceptors (Lipinski definition) is 4. The average molecular weight is 341 g/mol. The van der Waals surface area contributed by atoms with Crippen molar-refractivity contribution in [3.63, 3.8) is 0 Å². The third-order valence-corrected chi connectivity index (χ3v) is 4.13. The van der Waals surface area contributed by atoms with Crippen LogP contribution in [0.1, 0.15) is 35.7 Å². The summed E-state index contributed by atoms with van der Waals surface area (Å²) in [6.45, 7) is 3.71. The van der Waals surface area contributed by atoms with E-state index in [-0.39, 0.29) is 5.91 Å². The van der Waals surface area contributed by atoms with E-state index in [1.807, 2.05) is 37.4 Å². The average Bonchev–Trinajstić information content (AvgIpc) is 2.66. The number of methoxy groups -OCH3 is 1. The second kappa shape index (κ2) is 9.67. The maximum absolute atomic E-state index is 12.3. The smallest absolute Gasteiger partial charge is 0.252 e. The van der Waals surface area contributed by atoms with Crippen LogP contribution in [0.5, 0.6) is 5.75 Å². The molecule has 134 valence electrons. The van der Waals surface area contributed by atoms with Crippen molar-refractivity contribution in [2.45, 2.75) is 26.2 Å². The first-order valence-electron chi connectivity index (χ1n) is 8.71. The number of aromatic nitrogens is 1. The zero-order valence-electron chi connectivity index (χ0n) is 15.3. The molecule has 0 aliphatic rings. The largest absolute Gasteiger partial charge is 0.497 e. The highest BCUT2D eigenvalue weighted by Gasteiger charge is 2.08. The Balaban J connectivity index is 1.87. The lowest BCUT2D eigenvalue weighted by molar-refractivity contribution is 0.0954. The molecule has 0 saturated heterocycles. The summed E-state index contributed by atoms with van der Waals surface area (Å²) >= 11 is 0. The molecular weight excluding hydrogens is 314 g/mol. The number of rotatable bonds is 9. The molecule has 1 heterocycles. The molecule has 0 radical (unpaired) electrons. The summed E-state index contributed by atoms with van der Waals surface area (Å²) in [5.74, 6) is 0.745. The van der Waals surface area contributed by atoms with Crippen molar-refractivity contribution < 1.29 is 9.53 Å². The molecule has 0 spiro atoms. The SMILES string of the molecule is CCCCN(C)c1cncc(C(=O)NCCc2ccc(OC)cc2)c1. The summed E-state index contributed by atoms with van der Waals surface area (Å²) in [4.78, 5) is 18.7. The van der Waals surface area contributed by atoms with Gasteiger partial charge in [-0.3, -0.25) is 9.78 Å². The van der Waals surface area contributed by atoms with E-state index in [2.05, 4.69) is 22.1 Å². The van der Waals surface area contributed by atoms with Gasteiger partial charge in [0.2, 0.25) is 0 Å². The molecule has 5 nitrogen and oxygen atoms in total. The minimum absolute atomic E-state index is 0.0910. The van der Waals surface area contributed by atoms with Crippen molar-refractivity contribution in [1.82, 2.24) is 10.3 Å². The molecule has 25 heavy (non-hydrogen) atoms. The summed E-state index contributed by atoms with van der Waals surface area (Å²) in [6, 6.07) is 9.77. The van der Waals surface area contributed by atoms with E-state index in [4.69, 9.17) is 4.74 Å². The molecule has 0 unspecified atom stereocenters. The number of ether oxygens (including phenoxy) is 1. The van der Waals surface area contributed by atoms with Crippen LogP contribution in [0, 0.1) is 0 Å². The van der Waals surface area contributed by atoms with E-state index in [0.717, 1.165) is 42.8 Å². The van der Waals surface area contributed by atoms with Gasteiger partial charge in [-0.15, -0.1) is 0 Å². The first kappa shape index (κ1) is 18.8. The van der Waals surface area contributed by atoms with Crippen LogP contribution in [-0.4, -0.2) is 38.1 Å². The highest BCUT2D eigenvalue weighted by Crippen LogP contribution is 2.14. The zero-order valence-corrected chi connectivity index (χ0v) is 15.3. The maximum atomic E-state index is 12.3. The molecular formula is C20H27N3O2. The topological polar surface area (TPSA) is 54.5 Å². The number of anilines is 1. The summed E-state index contributed by atoms with van der Waals surface area (Å²) in [5, 5.41) is 2.96. The highest BCUT2D eigenvalue weighted by molar-refractivity contribution is 5.94. The standard InChI is InChI=1S/C20H27N3O2/c1-4-5-12-23(2)18-13-17(14-21-15-18)20(24)22-11-10-16-6-8-19(25-3)9-7-16/h6-9,13-15H,4-5,10-12H2,1-3H3,(H,22,24). The van der Waals surface area contributed by atoms with E-state index >= 15 is 0 Å². The molecule has 1 amide bonds. The second-order valence-electron chi connectivity index (χ2n) is 6.06. The first-order valence-corrected chi connectivity index (χ1v) is 8.71. The van der Waals surface area contributed by atoms with Crippen LogP contribution < -0.4 is 15.0 Å². The molecule has 0 atom stereocenters. The Morgan fingerprint density at radius 2 is 2.00 bits per heavy atom. The van der Waals surface area contributed by atoms with Crippen molar-refractivity contribution in [1.29, 1.82) is 0 Å². The Kier molecular flexibility index (Phi) is 7.26. The van der Waals surface area contributed by atoms with Crippen molar-refractivity contribution in [3.8, 4) is 5.75 Å². The fourth-order valence-electron chi connectivity index (χ4n) is 2.50. The van der Waals surface area contributed by atoms with Gasteiger partial charge in [0.25, 0.3) is 5.91 Å². The van der Waals surface area contributed by atoms with Gasteiger partial charge in [-0.1, -0.05) is 25.5 Å². The molecule has 1 aromatic heterocycles. The lowest BCUT2D eigenvalue weighted by Gasteiger charge is -2.19. The number of hydrogen-bond donors (Lipinski definition) is 1. The van der Waals surface area contributed by atoms with E-state index in [9.17, 15) is 4.79 Å². The van der Waals surface area contributed by atoms with E-state index in [0.29, 0.717) is 12.1 Å². The fourth-order valence-corrected chi connectivity index (χ4v) is 2.50. The lowest BCUT2D eigenvalue weighted by Crippen LogP contribution is -2.26. The maximum Gasteiger partial charge on any atom is 0.252 e. The van der Waals surface area contributed by atoms with Gasteiger partial charge in [0, 0.05) is 26.3 Å². The Morgan fingerprint density at radius 3 is 2.68 bits per heavy atom. The van der Waals surface area contributed by atoms with Crippen LogP contribution >= 0.6 is 0 Å². The Bertz CT molecular complexity index is 671. The first-order chi connectivity index (χ1) is 12.1. The lowest BCUT2D eigenvalue weighted by atomic mass is 10.1. The van der Waals surface area contributed by atoms with Crippen LogP contribution in [0.2, 0.25) is 0 Å². The van der Waals surface area contributed by atoms with Crippen LogP contribution in [0.3, 0.4) is 0 Å². The second-order valence-corrected chi connectivity index (χ2v) is 6.06. The van der Waals surface area contributed by atoms with Crippen LogP contribution in [0.15, 0.2) is 42.7 Å². The highest BCUT2D eigenvalue weighted by atomic mass is 16.5. The quantitative estimate of drug-likeness (QED) is 0.760. The number of carbonyl (C=O) groups is 1. The van der Waals surface area contributed by atoms with E-state index < -0.39 is 0 Å². The predicted molar refractivity (Wildman–Crippen MR) is 101 cm³/mol. The minimum atomic E-state index is -0.0910. The van der Waals surface area contributed by atoms with Gasteiger partial charge in [-0.05, 0) is 36.6 Å². The molecule has 2 aromatic rings. The van der Waals surface area contributed by atoms with E-state index in [1.54, 1.807) is 19.5 Å². The number of nitrogens with zero attached hydrogens (tertiary/aromatic N) is 2. The van der Waals surface area contributed by atoms with Crippen molar-refractivity contribution in [2.75, 3.05) is 32.1 Å². The summed E-state index contributed by atoms with van der Waals surface area (Å²) < 4.78 is 5.14. The monoisotopic (exact) mass is 341 g/mol. The van der Waals surface area contributed by atoms with Gasteiger partial charge < -0.3 is 15.0 Å². The van der Waals surface area contributed by atoms with Crippen LogP contribution in [-0.2, 0) is 6.42 Å². The van der Waals surface area contributed by atoms with Gasteiger partial charge in [-0.2, -0.15) is 0 Å². The summed E-state index contributed by atoms with van der Waals surface area (Å²) in [6.07, 6.45) is 6.45. The van der Waals surface area contributed by atoms with Crippen molar-refractivity contribution >= 4 is 11.6 Å². The predicted octanol–water partition coefficient (Wildman–Crippen LogP) is 3.30. The zero-order chi connectivity index (χ0) is 18.1. The third-order valence-electron chi connectivity index (χ3n) is 4.13. The number of unbranched alkanes of at least 4 members (excludes halogenated alkanes) is 1. The van der Waals surface area contributed by atoms with Crippen LogP contribution in [0.25, 0.3) is 0 Å². The number of nitrogens with one attached hydrogen (secondary N) is 1. The van der Waals surface area contributed by atoms with Gasteiger partial charge in [0.1, 0.15) is 5.75 Å². The summed E-state index contributed by atoms with van der Waals surface area (Å²) in [5.41, 5.74) is 2.72. The van der Waals surface area contributed by atoms with Gasteiger partial charge in [-0.25, -0.2) is 0 Å². The molecule has 0 saturated carbocycles. The third kappa shape index (κ3) is 5.78. The Morgan fingerprint density at radius 1 is 1.24 bits per heavy atom. The number of benzene rings is 1. The molecule has 5 heteroatoms. The minimum Gasteiger partial charge on any atom is -0.497 e. The molecule has 1 N–H and O–H groups in total. The molecule has 0 fully saturated rings. The number of carbonyl (C=O) groups excluding carboxylic acids is 1.